The molecular weight excluding hydrogens is 382 g/mol. The third-order valence-electron chi connectivity index (χ3n) is 4.61. The van der Waals surface area contributed by atoms with E-state index < -0.39 is 5.97 Å². The summed E-state index contributed by atoms with van der Waals surface area (Å²) in [4.78, 5) is 16.1. The topological polar surface area (TPSA) is 78.9 Å². The summed E-state index contributed by atoms with van der Waals surface area (Å²) in [5.74, 6) is 6.65. The van der Waals surface area contributed by atoms with Gasteiger partial charge in [-0.3, -0.25) is 5.10 Å². The van der Waals surface area contributed by atoms with Crippen LogP contribution in [-0.4, -0.2) is 31.6 Å². The zero-order chi connectivity index (χ0) is 20.6. The number of thiocarbonyl (C=S) groups is 1. The summed E-state index contributed by atoms with van der Waals surface area (Å²) in [6.07, 6.45) is 2.00. The van der Waals surface area contributed by atoms with Gasteiger partial charge in [0.05, 0.1) is 5.56 Å². The van der Waals surface area contributed by atoms with Crippen LogP contribution in [0.4, 0.5) is 0 Å². The van der Waals surface area contributed by atoms with Crippen molar-refractivity contribution in [3.05, 3.63) is 71.3 Å². The van der Waals surface area contributed by atoms with Crippen molar-refractivity contribution in [1.29, 1.82) is 0 Å². The average molecular weight is 404 g/mol. The number of carbonyl (C=O) groups is 1. The van der Waals surface area contributed by atoms with E-state index in [0.29, 0.717) is 30.4 Å². The maximum Gasteiger partial charge on any atom is 0.336 e. The van der Waals surface area contributed by atoms with Crippen LogP contribution in [0.25, 0.3) is 11.1 Å². The van der Waals surface area contributed by atoms with Gasteiger partial charge in [-0.05, 0) is 41.5 Å². The van der Waals surface area contributed by atoms with Crippen molar-refractivity contribution in [2.24, 2.45) is 0 Å². The number of rotatable bonds is 8. The van der Waals surface area contributed by atoms with Gasteiger partial charge >= 0.3 is 5.97 Å². The minimum atomic E-state index is -0.933. The predicted octanol–water partition coefficient (Wildman–Crippen LogP) is 4.65. The summed E-state index contributed by atoms with van der Waals surface area (Å²) in [6, 6.07) is 14.8. The Bertz CT molecular complexity index is 1060. The van der Waals surface area contributed by atoms with Gasteiger partial charge in [0, 0.05) is 18.8 Å². The first-order chi connectivity index (χ1) is 14.1. The van der Waals surface area contributed by atoms with Crippen molar-refractivity contribution in [3.8, 4) is 23.0 Å². The van der Waals surface area contributed by atoms with Gasteiger partial charge in [-0.1, -0.05) is 54.7 Å². The molecule has 0 aliphatic carbocycles. The fourth-order valence-corrected chi connectivity index (χ4v) is 3.34. The number of hydrogen-bond acceptors (Lipinski definition) is 4. The van der Waals surface area contributed by atoms with Crippen LogP contribution < -0.4 is 0 Å². The van der Waals surface area contributed by atoms with Crippen LogP contribution in [0.2, 0.25) is 0 Å². The van der Waals surface area contributed by atoms with Crippen LogP contribution >= 0.6 is 12.2 Å². The zero-order valence-corrected chi connectivity index (χ0v) is 16.9. The van der Waals surface area contributed by atoms with Gasteiger partial charge in [0.25, 0.3) is 0 Å². The van der Waals surface area contributed by atoms with Crippen LogP contribution in [0, 0.1) is 11.8 Å². The van der Waals surface area contributed by atoms with Crippen LogP contribution in [0.1, 0.15) is 53.3 Å². The maximum absolute atomic E-state index is 11.4. The van der Waals surface area contributed by atoms with Crippen LogP contribution in [0.5, 0.6) is 0 Å². The Morgan fingerprint density at radius 1 is 1.24 bits per heavy atom. The molecular formula is C23H21N3O2S. The number of carboxylic acid groups (broad SMARTS) is 1. The Morgan fingerprint density at radius 2 is 2.00 bits per heavy atom. The highest BCUT2D eigenvalue weighted by molar-refractivity contribution is 7.78. The quantitative estimate of drug-likeness (QED) is 0.423. The number of nitrogens with one attached hydrogen (secondary N) is 1. The van der Waals surface area contributed by atoms with Gasteiger partial charge in [-0.25, -0.2) is 9.78 Å². The average Bonchev–Trinajstić information content (AvgIpc) is 3.20. The molecule has 0 saturated carbocycles. The van der Waals surface area contributed by atoms with Crippen molar-refractivity contribution in [3.63, 3.8) is 0 Å². The number of carboxylic acids is 1. The molecule has 2 N–H and O–H groups in total. The van der Waals surface area contributed by atoms with E-state index >= 15 is 0 Å². The first-order valence-electron chi connectivity index (χ1n) is 9.28. The number of aromatic nitrogens is 3. The summed E-state index contributed by atoms with van der Waals surface area (Å²) < 4.78 is 0. The van der Waals surface area contributed by atoms with Crippen LogP contribution in [0.15, 0.2) is 48.5 Å². The highest BCUT2D eigenvalue weighted by Crippen LogP contribution is 2.25. The molecule has 1 aromatic heterocycles. The first-order valence-corrected chi connectivity index (χ1v) is 9.75. The fraction of sp³-hybridized carbons (Fsp3) is 0.217. The van der Waals surface area contributed by atoms with Gasteiger partial charge in [0.2, 0.25) is 0 Å². The molecule has 0 saturated heterocycles. The standard InChI is InChI=1S/C23H21N3O2S/c1-2-3-6-18(13-14-29)22-24-21(25-26-22)15-16-9-11-17(12-10-16)19-7-4-5-8-20(19)23(27)28/h4-5,7-12,14,18H,6,13,15H2,1H3,(H,27,28)(H,24,25,26). The van der Waals surface area contributed by atoms with Crippen molar-refractivity contribution in [2.45, 2.75) is 32.1 Å². The van der Waals surface area contributed by atoms with E-state index in [4.69, 9.17) is 12.2 Å². The van der Waals surface area contributed by atoms with Gasteiger partial charge in [0.1, 0.15) is 5.82 Å². The van der Waals surface area contributed by atoms with E-state index in [9.17, 15) is 9.90 Å². The summed E-state index contributed by atoms with van der Waals surface area (Å²) in [5, 5.41) is 18.4. The van der Waals surface area contributed by atoms with Crippen molar-refractivity contribution in [1.82, 2.24) is 15.2 Å². The van der Waals surface area contributed by atoms with E-state index in [1.807, 2.05) is 43.3 Å². The number of H-pyrrole nitrogens is 1. The second-order valence-corrected chi connectivity index (χ2v) is 6.93. The lowest BCUT2D eigenvalue weighted by molar-refractivity contribution is 0.0697. The summed E-state index contributed by atoms with van der Waals surface area (Å²) in [6.45, 7) is 1.82. The van der Waals surface area contributed by atoms with E-state index in [1.54, 1.807) is 17.5 Å². The van der Waals surface area contributed by atoms with Crippen molar-refractivity contribution < 1.29 is 9.90 Å². The molecule has 5 nitrogen and oxygen atoms in total. The summed E-state index contributed by atoms with van der Waals surface area (Å²) in [7, 11) is 0. The number of nitrogens with zero attached hydrogens (tertiary/aromatic N) is 2. The third kappa shape index (κ3) is 5.15. The molecule has 2 aromatic carbocycles. The number of aromatic carboxylic acids is 1. The molecule has 0 bridgehead atoms. The van der Waals surface area contributed by atoms with Gasteiger partial charge in [0.15, 0.2) is 5.82 Å². The van der Waals surface area contributed by atoms with Crippen LogP contribution in [0.3, 0.4) is 0 Å². The van der Waals surface area contributed by atoms with E-state index in [2.05, 4.69) is 27.0 Å². The molecule has 1 unspecified atom stereocenters. The second kappa shape index (κ2) is 9.76. The van der Waals surface area contributed by atoms with E-state index in [0.717, 1.165) is 22.8 Å². The van der Waals surface area contributed by atoms with E-state index in [1.165, 1.54) is 0 Å². The number of aromatic amines is 1. The molecule has 0 radical (unpaired) electrons. The zero-order valence-electron chi connectivity index (χ0n) is 16.1. The Labute approximate surface area is 175 Å². The maximum atomic E-state index is 11.4. The molecule has 146 valence electrons. The molecule has 1 heterocycles. The molecule has 0 aliphatic heterocycles. The normalized spacial score (nSPS) is 11.3. The Kier molecular flexibility index (Phi) is 6.88. The summed E-state index contributed by atoms with van der Waals surface area (Å²) in [5.41, 5.74) is 2.92. The second-order valence-electron chi connectivity index (χ2n) is 6.59. The molecule has 0 aliphatic rings. The van der Waals surface area contributed by atoms with Crippen LogP contribution in [-0.2, 0) is 6.42 Å². The van der Waals surface area contributed by atoms with Crippen molar-refractivity contribution in [2.75, 3.05) is 0 Å². The van der Waals surface area contributed by atoms with Gasteiger partial charge < -0.3 is 5.11 Å². The lowest BCUT2D eigenvalue weighted by atomic mass is 9.98. The van der Waals surface area contributed by atoms with Crippen molar-refractivity contribution >= 4 is 23.6 Å². The minimum Gasteiger partial charge on any atom is -0.478 e. The largest absolute Gasteiger partial charge is 0.478 e. The van der Waals surface area contributed by atoms with Gasteiger partial charge in [-0.2, -0.15) is 5.10 Å². The molecule has 6 heteroatoms. The minimum absolute atomic E-state index is 0.0971. The Balaban J connectivity index is 1.75. The monoisotopic (exact) mass is 403 g/mol. The molecule has 1 atom stereocenters. The lowest BCUT2D eigenvalue weighted by Gasteiger charge is -2.07. The molecule has 3 aromatic rings. The smallest absolute Gasteiger partial charge is 0.336 e. The summed E-state index contributed by atoms with van der Waals surface area (Å²) >= 11 is 4.99. The molecule has 3 rings (SSSR count). The third-order valence-corrected chi connectivity index (χ3v) is 4.81. The Morgan fingerprint density at radius 3 is 2.69 bits per heavy atom. The number of benzene rings is 2. The SMILES string of the molecule is CC#CCC(CC=S)c1n[nH]c(Cc2ccc(-c3ccccc3C(=O)O)cc2)n1. The van der Waals surface area contributed by atoms with Gasteiger partial charge in [-0.15, -0.1) is 11.8 Å². The molecule has 0 spiro atoms. The predicted molar refractivity (Wildman–Crippen MR) is 117 cm³/mol. The first kappa shape index (κ1) is 20.4. The molecule has 0 amide bonds. The number of hydrogen-bond donors (Lipinski definition) is 2. The fourth-order valence-electron chi connectivity index (χ4n) is 3.11. The van der Waals surface area contributed by atoms with E-state index in [-0.39, 0.29) is 5.92 Å². The highest BCUT2D eigenvalue weighted by Gasteiger charge is 2.15. The highest BCUT2D eigenvalue weighted by atomic mass is 32.1. The molecule has 0 fully saturated rings. The molecule has 29 heavy (non-hydrogen) atoms. The lowest BCUT2D eigenvalue weighted by Crippen LogP contribution is -2.01. The Hall–Kier alpha value is -3.30.